The van der Waals surface area contributed by atoms with Crippen molar-refractivity contribution < 1.29 is 5.11 Å². The Morgan fingerprint density at radius 1 is 1.24 bits per heavy atom. The van der Waals surface area contributed by atoms with Gasteiger partial charge in [0.1, 0.15) is 5.82 Å². The molecule has 0 saturated carbocycles. The number of pyridine rings is 1. The van der Waals surface area contributed by atoms with Gasteiger partial charge >= 0.3 is 0 Å². The summed E-state index contributed by atoms with van der Waals surface area (Å²) >= 11 is 0. The van der Waals surface area contributed by atoms with Gasteiger partial charge in [0.15, 0.2) is 5.88 Å². The van der Waals surface area contributed by atoms with Crippen molar-refractivity contribution in [1.29, 1.82) is 0 Å². The van der Waals surface area contributed by atoms with Crippen LogP contribution in [-0.4, -0.2) is 39.0 Å². The lowest BCUT2D eigenvalue weighted by atomic mass is 10.3. The van der Waals surface area contributed by atoms with Crippen molar-refractivity contribution in [1.82, 2.24) is 14.3 Å². The second-order valence-electron chi connectivity index (χ2n) is 4.62. The number of aromatic nitrogens is 2. The van der Waals surface area contributed by atoms with Crippen molar-refractivity contribution >= 4 is 5.52 Å². The minimum atomic E-state index is 0.274. The summed E-state index contributed by atoms with van der Waals surface area (Å²) in [6.07, 6.45) is 5.34. The van der Waals surface area contributed by atoms with E-state index in [9.17, 15) is 5.11 Å². The molecule has 1 fully saturated rings. The molecule has 4 heteroatoms. The van der Waals surface area contributed by atoms with E-state index in [1.54, 1.807) is 6.07 Å². The molecule has 0 unspecified atom stereocenters. The molecule has 0 atom stereocenters. The first-order valence-electron chi connectivity index (χ1n) is 6.21. The summed E-state index contributed by atoms with van der Waals surface area (Å²) in [5, 5.41) is 9.84. The molecule has 1 N–H and O–H groups in total. The zero-order valence-electron chi connectivity index (χ0n) is 9.84. The topological polar surface area (TPSA) is 40.8 Å². The first-order valence-corrected chi connectivity index (χ1v) is 6.21. The predicted octanol–water partition coefficient (Wildman–Crippen LogP) is 1.68. The molecule has 0 aliphatic carbocycles. The third kappa shape index (κ3) is 2.00. The largest absolute Gasteiger partial charge is 0.494 e. The molecule has 3 rings (SSSR count). The summed E-state index contributed by atoms with van der Waals surface area (Å²) < 4.78 is 1.83. The first kappa shape index (κ1) is 10.6. The third-order valence-electron chi connectivity index (χ3n) is 3.45. The minimum absolute atomic E-state index is 0.274. The van der Waals surface area contributed by atoms with Gasteiger partial charge in [-0.05, 0) is 38.1 Å². The lowest BCUT2D eigenvalue weighted by Crippen LogP contribution is -2.22. The summed E-state index contributed by atoms with van der Waals surface area (Å²) in [5.41, 5.74) is 0.960. The summed E-state index contributed by atoms with van der Waals surface area (Å²) in [7, 11) is 0. The second kappa shape index (κ2) is 4.37. The quantitative estimate of drug-likeness (QED) is 0.873. The molecule has 2 aromatic rings. The Morgan fingerprint density at radius 2 is 2.06 bits per heavy atom. The highest BCUT2D eigenvalue weighted by atomic mass is 16.3. The van der Waals surface area contributed by atoms with Crippen LogP contribution in [0.5, 0.6) is 5.88 Å². The van der Waals surface area contributed by atoms with Gasteiger partial charge in [0.25, 0.3) is 0 Å². The van der Waals surface area contributed by atoms with Crippen LogP contribution in [0.2, 0.25) is 0 Å². The number of imidazole rings is 1. The smallest absolute Gasteiger partial charge is 0.197 e. The number of aromatic hydroxyl groups is 1. The molecule has 0 aromatic carbocycles. The molecule has 1 saturated heterocycles. The molecule has 0 spiro atoms. The van der Waals surface area contributed by atoms with Crippen molar-refractivity contribution in [2.75, 3.05) is 19.6 Å². The van der Waals surface area contributed by atoms with Crippen LogP contribution in [0.1, 0.15) is 18.7 Å². The van der Waals surface area contributed by atoms with Crippen LogP contribution in [0.25, 0.3) is 5.52 Å². The number of likely N-dealkylation sites (tertiary alicyclic amines) is 1. The maximum Gasteiger partial charge on any atom is 0.197 e. The number of fused-ring (bicyclic) bond motifs is 1. The van der Waals surface area contributed by atoms with Gasteiger partial charge in [-0.3, -0.25) is 4.40 Å². The molecule has 17 heavy (non-hydrogen) atoms. The Bertz CT molecular complexity index is 514. The van der Waals surface area contributed by atoms with Gasteiger partial charge in [0, 0.05) is 13.0 Å². The van der Waals surface area contributed by atoms with Gasteiger partial charge in [-0.25, -0.2) is 4.98 Å². The Morgan fingerprint density at radius 3 is 2.88 bits per heavy atom. The first-order chi connectivity index (χ1) is 8.34. The van der Waals surface area contributed by atoms with E-state index >= 15 is 0 Å². The number of nitrogens with zero attached hydrogens (tertiary/aromatic N) is 3. The Labute approximate surface area is 101 Å². The normalized spacial score (nSPS) is 16.9. The SMILES string of the molecule is Oc1cccc2cnc(CCN3CCCC3)n12. The second-order valence-corrected chi connectivity index (χ2v) is 4.62. The van der Waals surface area contributed by atoms with E-state index in [1.807, 2.05) is 22.7 Å². The molecule has 0 bridgehead atoms. The van der Waals surface area contributed by atoms with Crippen molar-refractivity contribution in [3.63, 3.8) is 0 Å². The van der Waals surface area contributed by atoms with E-state index in [2.05, 4.69) is 9.88 Å². The lowest BCUT2D eigenvalue weighted by molar-refractivity contribution is 0.339. The van der Waals surface area contributed by atoms with Gasteiger partial charge < -0.3 is 10.0 Å². The monoisotopic (exact) mass is 231 g/mol. The molecule has 1 aliphatic heterocycles. The molecular formula is C13H17N3O. The van der Waals surface area contributed by atoms with Gasteiger partial charge in [-0.15, -0.1) is 0 Å². The Kier molecular flexibility index (Phi) is 2.73. The molecule has 2 aromatic heterocycles. The molecule has 3 heterocycles. The number of rotatable bonds is 3. The third-order valence-corrected chi connectivity index (χ3v) is 3.45. The summed E-state index contributed by atoms with van der Waals surface area (Å²) in [6, 6.07) is 5.51. The summed E-state index contributed by atoms with van der Waals surface area (Å²) in [5.74, 6) is 1.22. The summed E-state index contributed by atoms with van der Waals surface area (Å²) in [4.78, 5) is 6.85. The van der Waals surface area contributed by atoms with Gasteiger partial charge in [0.2, 0.25) is 0 Å². The van der Waals surface area contributed by atoms with E-state index in [-0.39, 0.29) is 5.88 Å². The average Bonchev–Trinajstić information content (AvgIpc) is 2.95. The van der Waals surface area contributed by atoms with E-state index in [4.69, 9.17) is 0 Å². The van der Waals surface area contributed by atoms with Gasteiger partial charge in [-0.1, -0.05) is 6.07 Å². The van der Waals surface area contributed by atoms with Gasteiger partial charge in [-0.2, -0.15) is 0 Å². The van der Waals surface area contributed by atoms with Crippen molar-refractivity contribution in [3.05, 3.63) is 30.2 Å². The fourth-order valence-corrected chi connectivity index (χ4v) is 2.54. The van der Waals surface area contributed by atoms with Crippen LogP contribution in [0, 0.1) is 0 Å². The molecule has 0 amide bonds. The maximum absolute atomic E-state index is 9.84. The fourth-order valence-electron chi connectivity index (χ4n) is 2.54. The van der Waals surface area contributed by atoms with Crippen LogP contribution >= 0.6 is 0 Å². The summed E-state index contributed by atoms with van der Waals surface area (Å²) in [6.45, 7) is 3.44. The van der Waals surface area contributed by atoms with Crippen molar-refractivity contribution in [2.45, 2.75) is 19.3 Å². The van der Waals surface area contributed by atoms with E-state index in [1.165, 1.54) is 25.9 Å². The zero-order chi connectivity index (χ0) is 11.7. The number of hydrogen-bond donors (Lipinski definition) is 1. The van der Waals surface area contributed by atoms with Gasteiger partial charge in [0.05, 0.1) is 11.7 Å². The molecule has 90 valence electrons. The predicted molar refractivity (Wildman–Crippen MR) is 66.2 cm³/mol. The van der Waals surface area contributed by atoms with E-state index in [0.717, 1.165) is 24.3 Å². The fraction of sp³-hybridized carbons (Fsp3) is 0.462. The average molecular weight is 231 g/mol. The Balaban J connectivity index is 1.80. The highest BCUT2D eigenvalue weighted by molar-refractivity contribution is 5.48. The Hall–Kier alpha value is -1.55. The standard InChI is InChI=1S/C13H17N3O/c17-13-5-3-4-11-10-14-12(16(11)13)6-9-15-7-1-2-8-15/h3-5,10,17H,1-2,6-9H2. The van der Waals surface area contributed by atoms with Crippen LogP contribution in [0.4, 0.5) is 0 Å². The lowest BCUT2D eigenvalue weighted by Gasteiger charge is -2.13. The van der Waals surface area contributed by atoms with Crippen molar-refractivity contribution in [3.8, 4) is 5.88 Å². The van der Waals surface area contributed by atoms with Crippen LogP contribution < -0.4 is 0 Å². The van der Waals surface area contributed by atoms with E-state index < -0.39 is 0 Å². The number of hydrogen-bond acceptors (Lipinski definition) is 3. The van der Waals surface area contributed by atoms with Crippen LogP contribution in [0.3, 0.4) is 0 Å². The van der Waals surface area contributed by atoms with Crippen molar-refractivity contribution in [2.24, 2.45) is 0 Å². The molecular weight excluding hydrogens is 214 g/mol. The molecule has 0 radical (unpaired) electrons. The molecule has 1 aliphatic rings. The minimum Gasteiger partial charge on any atom is -0.494 e. The van der Waals surface area contributed by atoms with E-state index in [0.29, 0.717) is 0 Å². The van der Waals surface area contributed by atoms with Crippen LogP contribution in [0.15, 0.2) is 24.4 Å². The highest BCUT2D eigenvalue weighted by Crippen LogP contribution is 2.17. The van der Waals surface area contributed by atoms with Crippen LogP contribution in [-0.2, 0) is 6.42 Å². The zero-order valence-corrected chi connectivity index (χ0v) is 9.84. The maximum atomic E-state index is 9.84. The highest BCUT2D eigenvalue weighted by Gasteiger charge is 2.13. The molecule has 4 nitrogen and oxygen atoms in total.